The maximum absolute atomic E-state index is 12.9. The minimum absolute atomic E-state index is 0.101. The van der Waals surface area contributed by atoms with Crippen LogP contribution in [0.15, 0.2) is 60.8 Å². The molecule has 580 valence electrons. The fraction of sp³-hybridized carbons (Fsp3) is 0.840. The molecule has 0 spiro atoms. The number of unbranched alkanes of at least 4 members (excludes halogenated alkanes) is 45. The summed E-state index contributed by atoms with van der Waals surface area (Å²) in [5, 5.41) is 20.6. The van der Waals surface area contributed by atoms with Crippen molar-refractivity contribution < 1.29 is 75.8 Å². The molecule has 0 amide bonds. The Bertz CT molecular complexity index is 2050. The van der Waals surface area contributed by atoms with Crippen LogP contribution in [0.2, 0.25) is 0 Å². The fourth-order valence-corrected chi connectivity index (χ4v) is 13.1. The summed E-state index contributed by atoms with van der Waals surface area (Å²) in [6.45, 7) is 2.69. The van der Waals surface area contributed by atoms with Crippen LogP contribution >= 0.6 is 15.6 Å². The Labute approximate surface area is 605 Å². The van der Waals surface area contributed by atoms with Crippen molar-refractivity contribution in [3.63, 3.8) is 0 Å². The molecular formula is C81H150O16P2. The van der Waals surface area contributed by atoms with Gasteiger partial charge < -0.3 is 34.2 Å². The second-order valence-electron chi connectivity index (χ2n) is 27.6. The number of carbonyl (C=O) groups excluding carboxylic acids is 3. The van der Waals surface area contributed by atoms with E-state index in [1.54, 1.807) is 0 Å². The number of phosphoric acid groups is 2. The molecule has 0 aromatic heterocycles. The van der Waals surface area contributed by atoms with Crippen LogP contribution in [-0.2, 0) is 55.8 Å². The van der Waals surface area contributed by atoms with Gasteiger partial charge in [0.2, 0.25) is 0 Å². The highest BCUT2D eigenvalue weighted by Crippen LogP contribution is 2.45. The number of rotatable bonds is 78. The second-order valence-corrected chi connectivity index (χ2v) is 30.5. The van der Waals surface area contributed by atoms with Gasteiger partial charge in [0.15, 0.2) is 6.10 Å². The van der Waals surface area contributed by atoms with Gasteiger partial charge in [0.05, 0.1) is 26.4 Å². The SMILES string of the molecule is CCCCC/C=C\C/C=C\C/C=C\C/C=C\CCCCCCCCCCCCCCCCCCCCCC(=O)OCC(O)COP(=O)(O)OCC(O)COP(=O)(O)OCC(COC(=O)CCCCCCCCCCCCCCCCC)OC(=O)CCCCCCC/C=C\CCCCCC. The molecule has 0 aliphatic heterocycles. The first kappa shape index (κ1) is 96.2. The molecule has 99 heavy (non-hydrogen) atoms. The van der Waals surface area contributed by atoms with Gasteiger partial charge in [0.25, 0.3) is 0 Å². The Morgan fingerprint density at radius 3 is 0.838 bits per heavy atom. The summed E-state index contributed by atoms with van der Waals surface area (Å²) in [6, 6.07) is 0. The van der Waals surface area contributed by atoms with Gasteiger partial charge in [-0.1, -0.05) is 332 Å². The van der Waals surface area contributed by atoms with Gasteiger partial charge in [-0.3, -0.25) is 32.5 Å². The summed E-state index contributed by atoms with van der Waals surface area (Å²) in [5.74, 6) is -1.56. The monoisotopic (exact) mass is 1440 g/mol. The second kappa shape index (κ2) is 74.9. The van der Waals surface area contributed by atoms with Gasteiger partial charge in [0, 0.05) is 19.3 Å². The molecule has 16 nitrogen and oxygen atoms in total. The lowest BCUT2D eigenvalue weighted by molar-refractivity contribution is -0.161. The number of esters is 3. The molecule has 0 saturated carbocycles. The van der Waals surface area contributed by atoms with Crippen LogP contribution in [0.25, 0.3) is 0 Å². The number of hydrogen-bond acceptors (Lipinski definition) is 14. The summed E-state index contributed by atoms with van der Waals surface area (Å²) >= 11 is 0. The van der Waals surface area contributed by atoms with E-state index >= 15 is 0 Å². The lowest BCUT2D eigenvalue weighted by Gasteiger charge is -2.21. The van der Waals surface area contributed by atoms with Crippen LogP contribution in [0.5, 0.6) is 0 Å². The highest BCUT2D eigenvalue weighted by Gasteiger charge is 2.29. The smallest absolute Gasteiger partial charge is 0.463 e. The summed E-state index contributed by atoms with van der Waals surface area (Å²) in [5.41, 5.74) is 0. The topological polar surface area (TPSA) is 231 Å². The quantitative estimate of drug-likeness (QED) is 0.0146. The number of ether oxygens (including phenoxy) is 3. The Kier molecular flexibility index (Phi) is 72.9. The fourth-order valence-electron chi connectivity index (χ4n) is 11.5. The zero-order chi connectivity index (χ0) is 72.3. The Morgan fingerprint density at radius 2 is 0.505 bits per heavy atom. The molecule has 0 rings (SSSR count). The molecule has 0 bridgehead atoms. The number of aliphatic hydroxyl groups is 2. The van der Waals surface area contributed by atoms with E-state index < -0.39 is 91.5 Å². The molecule has 0 radical (unpaired) electrons. The van der Waals surface area contributed by atoms with E-state index in [9.17, 15) is 43.5 Å². The molecular weight excluding hydrogens is 1290 g/mol. The number of allylic oxidation sites excluding steroid dienone is 10. The Morgan fingerprint density at radius 1 is 0.283 bits per heavy atom. The standard InChI is InChI=1S/C81H150O16P2/c1-4-7-10-13-16-19-22-25-27-28-29-30-31-32-33-34-35-36-37-38-39-40-41-42-43-44-45-46-48-51-52-55-58-61-64-67-79(84)91-70-76(82)71-93-98(87,88)94-72-77(83)73-95-99(89,90)96-75-78(97-81(86)69-66-63-60-57-54-49-24-21-18-15-12-9-6-3)74-92-80(85)68-65-62-59-56-53-50-47-26-23-20-17-14-11-8-5-2/h16,19,21,24-25,27,29-30,32-33,76-78,82-83H,4-15,17-18,20,22-23,26,28,31,34-75H2,1-3H3,(H,87,88)(H,89,90)/b19-16-,24-21-,27-25-,30-29-,33-32-. The highest BCUT2D eigenvalue weighted by atomic mass is 31.2. The number of phosphoric ester groups is 2. The Hall–Kier alpha value is -2.75. The van der Waals surface area contributed by atoms with Crippen LogP contribution in [0.3, 0.4) is 0 Å². The molecule has 0 aliphatic carbocycles. The van der Waals surface area contributed by atoms with Crippen LogP contribution in [0.4, 0.5) is 0 Å². The minimum Gasteiger partial charge on any atom is -0.463 e. The van der Waals surface area contributed by atoms with Crippen molar-refractivity contribution in [2.24, 2.45) is 0 Å². The van der Waals surface area contributed by atoms with E-state index in [1.165, 1.54) is 225 Å². The van der Waals surface area contributed by atoms with Crippen LogP contribution in [0, 0.1) is 0 Å². The molecule has 0 fully saturated rings. The number of aliphatic hydroxyl groups excluding tert-OH is 2. The molecule has 0 aromatic carbocycles. The molecule has 5 atom stereocenters. The maximum Gasteiger partial charge on any atom is 0.472 e. The minimum atomic E-state index is -4.92. The molecule has 4 N–H and O–H groups in total. The van der Waals surface area contributed by atoms with Crippen molar-refractivity contribution in [1.29, 1.82) is 0 Å². The average Bonchev–Trinajstić information content (AvgIpc) is 1.09. The molecule has 0 heterocycles. The first-order valence-corrected chi connectivity index (χ1v) is 43.6. The van der Waals surface area contributed by atoms with Gasteiger partial charge in [-0.2, -0.15) is 0 Å². The average molecular weight is 1440 g/mol. The van der Waals surface area contributed by atoms with E-state index in [0.29, 0.717) is 19.3 Å². The van der Waals surface area contributed by atoms with Crippen molar-refractivity contribution >= 4 is 33.6 Å². The number of carbonyl (C=O) groups is 3. The van der Waals surface area contributed by atoms with Gasteiger partial charge in [-0.05, 0) is 89.9 Å². The summed E-state index contributed by atoms with van der Waals surface area (Å²) in [6.07, 6.45) is 81.6. The van der Waals surface area contributed by atoms with Crippen molar-refractivity contribution in [2.45, 2.75) is 399 Å². The van der Waals surface area contributed by atoms with Gasteiger partial charge in [-0.25, -0.2) is 9.13 Å². The van der Waals surface area contributed by atoms with Gasteiger partial charge in [0.1, 0.15) is 25.4 Å². The van der Waals surface area contributed by atoms with E-state index in [-0.39, 0.29) is 19.3 Å². The molecule has 0 saturated heterocycles. The van der Waals surface area contributed by atoms with Gasteiger partial charge in [-0.15, -0.1) is 0 Å². The molecule has 0 aromatic rings. The lowest BCUT2D eigenvalue weighted by Crippen LogP contribution is -2.30. The van der Waals surface area contributed by atoms with Crippen molar-refractivity contribution in [1.82, 2.24) is 0 Å². The van der Waals surface area contributed by atoms with Crippen LogP contribution in [-0.4, -0.2) is 95.9 Å². The van der Waals surface area contributed by atoms with E-state index in [2.05, 4.69) is 81.5 Å². The lowest BCUT2D eigenvalue weighted by atomic mass is 10.0. The molecule has 0 aliphatic rings. The van der Waals surface area contributed by atoms with Crippen molar-refractivity contribution in [3.05, 3.63) is 60.8 Å². The normalized spacial score (nSPS) is 14.3. The van der Waals surface area contributed by atoms with Crippen LogP contribution < -0.4 is 0 Å². The summed E-state index contributed by atoms with van der Waals surface area (Å²) in [7, 11) is -9.77. The van der Waals surface area contributed by atoms with Gasteiger partial charge >= 0.3 is 33.6 Å². The largest absolute Gasteiger partial charge is 0.472 e. The molecule has 18 heteroatoms. The third-order valence-electron chi connectivity index (χ3n) is 17.7. The first-order chi connectivity index (χ1) is 48.2. The van der Waals surface area contributed by atoms with E-state index in [0.717, 1.165) is 96.3 Å². The van der Waals surface area contributed by atoms with Crippen molar-refractivity contribution in [3.8, 4) is 0 Å². The number of hydrogen-bond donors (Lipinski definition) is 4. The highest BCUT2D eigenvalue weighted by molar-refractivity contribution is 7.47. The Balaban J connectivity index is 4.29. The third kappa shape index (κ3) is 76.2. The van der Waals surface area contributed by atoms with E-state index in [4.69, 9.17) is 32.3 Å². The van der Waals surface area contributed by atoms with Crippen molar-refractivity contribution in [2.75, 3.05) is 39.6 Å². The first-order valence-electron chi connectivity index (χ1n) is 40.6. The zero-order valence-corrected chi connectivity index (χ0v) is 65.2. The molecule has 5 unspecified atom stereocenters. The third-order valence-corrected chi connectivity index (χ3v) is 19.6. The van der Waals surface area contributed by atoms with Crippen LogP contribution in [0.1, 0.15) is 380 Å². The summed E-state index contributed by atoms with van der Waals surface area (Å²) in [4.78, 5) is 58.5. The predicted molar refractivity (Wildman–Crippen MR) is 409 cm³/mol. The summed E-state index contributed by atoms with van der Waals surface area (Å²) < 4.78 is 61.1. The zero-order valence-electron chi connectivity index (χ0n) is 63.4. The van der Waals surface area contributed by atoms with E-state index in [1.807, 2.05) is 0 Å². The predicted octanol–water partition coefficient (Wildman–Crippen LogP) is 23.7. The maximum atomic E-state index is 12.9.